The molecule has 0 spiro atoms. The Labute approximate surface area is 330 Å². The lowest BCUT2D eigenvalue weighted by Crippen LogP contribution is -2.62. The molecule has 2 heterocycles. The Morgan fingerprint density at radius 1 is 0.643 bits per heavy atom. The minimum atomic E-state index is -1.06. The van der Waals surface area contributed by atoms with Gasteiger partial charge in [0.1, 0.15) is 41.8 Å². The molecule has 4 aromatic rings. The lowest BCUT2D eigenvalue weighted by Gasteiger charge is -2.46. The lowest BCUT2D eigenvalue weighted by atomic mass is 9.90. The predicted octanol–water partition coefficient (Wildman–Crippen LogP) is 8.06. The van der Waals surface area contributed by atoms with Crippen molar-refractivity contribution >= 4 is 11.9 Å². The standard InChI is InChI=1S/C46H55NO9/c1-45(2,3)56-44(49)47-37(31-54-46(47,4)5)38(48)26-39-41(51-28-34-20-12-7-13-21-34)43(53-30-36-24-16-9-17-25-36)42(52-29-35-22-14-8-15-23-35)40(55-39)32-50-27-33-18-10-6-11-19-33/h6-25,37,39-43H,26-32H2,1-5H3/t37-,39+,40-,41+,42+,43-/m1/s1. The number of hydrogen-bond acceptors (Lipinski definition) is 9. The highest BCUT2D eigenvalue weighted by molar-refractivity contribution is 5.89. The number of Topliss-reactive ketones (excluding diaryl/α,β-unsaturated/α-hetero) is 1. The van der Waals surface area contributed by atoms with Gasteiger partial charge in [-0.25, -0.2) is 4.79 Å². The number of rotatable bonds is 16. The van der Waals surface area contributed by atoms with Gasteiger partial charge in [0.15, 0.2) is 5.78 Å². The Morgan fingerprint density at radius 3 is 1.54 bits per heavy atom. The average molecular weight is 766 g/mol. The van der Waals surface area contributed by atoms with Gasteiger partial charge >= 0.3 is 6.09 Å². The van der Waals surface area contributed by atoms with Crippen LogP contribution in [0.25, 0.3) is 0 Å². The molecule has 0 aromatic heterocycles. The van der Waals surface area contributed by atoms with E-state index in [1.165, 1.54) is 4.90 Å². The average Bonchev–Trinajstić information content (AvgIpc) is 3.52. The van der Waals surface area contributed by atoms with Crippen LogP contribution in [0.2, 0.25) is 0 Å². The third-order valence-electron chi connectivity index (χ3n) is 9.83. The van der Waals surface area contributed by atoms with Crippen molar-refractivity contribution < 1.29 is 42.7 Å². The van der Waals surface area contributed by atoms with Crippen LogP contribution in [0.5, 0.6) is 0 Å². The fourth-order valence-corrected chi connectivity index (χ4v) is 7.08. The molecular weight excluding hydrogens is 711 g/mol. The fraction of sp³-hybridized carbons (Fsp3) is 0.435. The zero-order valence-corrected chi connectivity index (χ0v) is 33.1. The largest absolute Gasteiger partial charge is 0.444 e. The second-order valence-corrected chi connectivity index (χ2v) is 15.8. The van der Waals surface area contributed by atoms with Gasteiger partial charge in [-0.2, -0.15) is 0 Å². The quantitative estimate of drug-likeness (QED) is 0.112. The first-order valence-corrected chi connectivity index (χ1v) is 19.4. The van der Waals surface area contributed by atoms with E-state index in [4.69, 9.17) is 33.2 Å². The predicted molar refractivity (Wildman–Crippen MR) is 211 cm³/mol. The molecule has 0 N–H and O–H groups in total. The SMILES string of the molecule is CC(C)(C)OC(=O)N1[C@@H](C(=O)C[C@@H]2O[C@H](COCc3ccccc3)[C@H](OCc3ccccc3)[C@H](OCc3ccccc3)[C@H]2OCc2ccccc2)COC1(C)C. The maximum absolute atomic E-state index is 14.5. The van der Waals surface area contributed by atoms with Crippen LogP contribution in [0, 0.1) is 0 Å². The first-order valence-electron chi connectivity index (χ1n) is 19.4. The summed E-state index contributed by atoms with van der Waals surface area (Å²) in [5.41, 5.74) is 2.11. The van der Waals surface area contributed by atoms with E-state index in [0.717, 1.165) is 22.3 Å². The number of ether oxygens (including phenoxy) is 7. The van der Waals surface area contributed by atoms with Crippen molar-refractivity contribution in [3.05, 3.63) is 144 Å². The Bertz CT molecular complexity index is 1800. The maximum atomic E-state index is 14.5. The van der Waals surface area contributed by atoms with E-state index >= 15 is 0 Å². The molecule has 10 heteroatoms. The summed E-state index contributed by atoms with van der Waals surface area (Å²) in [6.07, 6.45) is -4.22. The van der Waals surface area contributed by atoms with E-state index in [1.54, 1.807) is 34.6 Å². The van der Waals surface area contributed by atoms with Gasteiger partial charge in [-0.15, -0.1) is 0 Å². The first kappa shape index (κ1) is 41.2. The number of benzene rings is 4. The number of ketones is 1. The Hall–Kier alpha value is -4.42. The zero-order valence-electron chi connectivity index (χ0n) is 33.1. The minimum absolute atomic E-state index is 0.0215. The first-order chi connectivity index (χ1) is 27.0. The highest BCUT2D eigenvalue weighted by Crippen LogP contribution is 2.35. The van der Waals surface area contributed by atoms with Crippen LogP contribution in [-0.4, -0.2) is 77.9 Å². The second-order valence-electron chi connectivity index (χ2n) is 15.8. The topological polar surface area (TPSA) is 102 Å². The smallest absolute Gasteiger partial charge is 0.413 e. The molecule has 0 saturated carbocycles. The third kappa shape index (κ3) is 11.3. The second kappa shape index (κ2) is 19.1. The van der Waals surface area contributed by atoms with E-state index in [0.29, 0.717) is 13.2 Å². The molecule has 2 saturated heterocycles. The lowest BCUT2D eigenvalue weighted by molar-refractivity contribution is -0.272. The van der Waals surface area contributed by atoms with Crippen LogP contribution < -0.4 is 0 Å². The molecule has 10 nitrogen and oxygen atoms in total. The molecule has 1 amide bonds. The zero-order chi connectivity index (χ0) is 39.5. The van der Waals surface area contributed by atoms with Crippen molar-refractivity contribution in [2.24, 2.45) is 0 Å². The van der Waals surface area contributed by atoms with Crippen molar-refractivity contribution in [2.75, 3.05) is 13.2 Å². The summed E-state index contributed by atoms with van der Waals surface area (Å²) in [5, 5.41) is 0. The van der Waals surface area contributed by atoms with Gasteiger partial charge in [0.2, 0.25) is 0 Å². The Balaban J connectivity index is 1.33. The monoisotopic (exact) mass is 765 g/mol. The number of carbonyl (C=O) groups is 2. The molecule has 2 aliphatic heterocycles. The normalized spacial score (nSPS) is 23.5. The maximum Gasteiger partial charge on any atom is 0.413 e. The number of nitrogens with zero attached hydrogens (tertiary/aromatic N) is 1. The summed E-state index contributed by atoms with van der Waals surface area (Å²) in [5.74, 6) is -0.242. The van der Waals surface area contributed by atoms with Gasteiger partial charge in [0.25, 0.3) is 0 Å². The van der Waals surface area contributed by atoms with Crippen LogP contribution in [0.15, 0.2) is 121 Å². The molecule has 0 radical (unpaired) electrons. The van der Waals surface area contributed by atoms with E-state index in [1.807, 2.05) is 121 Å². The molecule has 4 aromatic carbocycles. The molecule has 0 bridgehead atoms. The summed E-state index contributed by atoms with van der Waals surface area (Å²) in [4.78, 5) is 29.5. The number of hydrogen-bond donors (Lipinski definition) is 0. The molecular formula is C46H55NO9. The summed E-state index contributed by atoms with van der Waals surface area (Å²) in [6.45, 7) is 10.3. The number of amides is 1. The summed E-state index contributed by atoms with van der Waals surface area (Å²) < 4.78 is 45.4. The van der Waals surface area contributed by atoms with Crippen molar-refractivity contribution in [3.63, 3.8) is 0 Å². The van der Waals surface area contributed by atoms with Crippen LogP contribution in [0.4, 0.5) is 4.79 Å². The van der Waals surface area contributed by atoms with E-state index in [-0.39, 0.29) is 38.6 Å². The van der Waals surface area contributed by atoms with E-state index in [9.17, 15) is 9.59 Å². The summed E-state index contributed by atoms with van der Waals surface area (Å²) in [7, 11) is 0. The van der Waals surface area contributed by atoms with Crippen LogP contribution in [-0.2, 0) is 64.4 Å². The van der Waals surface area contributed by atoms with Gasteiger partial charge in [0, 0.05) is 6.42 Å². The summed E-state index contributed by atoms with van der Waals surface area (Å²) >= 11 is 0. The highest BCUT2D eigenvalue weighted by Gasteiger charge is 2.52. The molecule has 6 rings (SSSR count). The Kier molecular flexibility index (Phi) is 14.1. The molecule has 0 aliphatic carbocycles. The van der Waals surface area contributed by atoms with Gasteiger partial charge in [0.05, 0.1) is 45.7 Å². The molecule has 2 aliphatic rings. The van der Waals surface area contributed by atoms with Gasteiger partial charge in [-0.05, 0) is 56.9 Å². The van der Waals surface area contributed by atoms with Gasteiger partial charge < -0.3 is 33.2 Å². The molecule has 298 valence electrons. The third-order valence-corrected chi connectivity index (χ3v) is 9.83. The highest BCUT2D eigenvalue weighted by atomic mass is 16.6. The number of carbonyl (C=O) groups excluding carboxylic acids is 2. The molecule has 2 fully saturated rings. The van der Waals surface area contributed by atoms with Gasteiger partial charge in [-0.3, -0.25) is 9.69 Å². The molecule has 56 heavy (non-hydrogen) atoms. The van der Waals surface area contributed by atoms with Crippen molar-refractivity contribution in [1.29, 1.82) is 0 Å². The van der Waals surface area contributed by atoms with Crippen LogP contribution in [0.1, 0.15) is 63.3 Å². The van der Waals surface area contributed by atoms with Crippen molar-refractivity contribution in [2.45, 2.75) is 115 Å². The molecule has 6 atom stereocenters. The minimum Gasteiger partial charge on any atom is -0.444 e. The van der Waals surface area contributed by atoms with E-state index < -0.39 is 54.0 Å². The van der Waals surface area contributed by atoms with Crippen LogP contribution >= 0.6 is 0 Å². The van der Waals surface area contributed by atoms with Gasteiger partial charge in [-0.1, -0.05) is 121 Å². The van der Waals surface area contributed by atoms with Crippen molar-refractivity contribution in [1.82, 2.24) is 4.90 Å². The van der Waals surface area contributed by atoms with E-state index in [2.05, 4.69) is 0 Å². The van der Waals surface area contributed by atoms with Crippen molar-refractivity contribution in [3.8, 4) is 0 Å². The van der Waals surface area contributed by atoms with Crippen LogP contribution in [0.3, 0.4) is 0 Å². The summed E-state index contributed by atoms with van der Waals surface area (Å²) in [6, 6.07) is 38.7. The Morgan fingerprint density at radius 2 is 1.07 bits per heavy atom. The molecule has 0 unspecified atom stereocenters. The fourth-order valence-electron chi connectivity index (χ4n) is 7.08.